The monoisotopic (exact) mass is 527 g/mol. The second-order valence-electron chi connectivity index (χ2n) is 9.72. The lowest BCUT2D eigenvalue weighted by Crippen LogP contribution is -2.69. The average molecular weight is 528 g/mol. The van der Waals surface area contributed by atoms with Gasteiger partial charge in [0, 0.05) is 12.1 Å². The average Bonchev–Trinajstić information content (AvgIpc) is 3.27. The second-order valence-corrected chi connectivity index (χ2v) is 9.72. The van der Waals surface area contributed by atoms with Crippen LogP contribution in [0.3, 0.4) is 0 Å². The van der Waals surface area contributed by atoms with Crippen LogP contribution in [0.2, 0.25) is 0 Å². The fourth-order valence-corrected chi connectivity index (χ4v) is 5.23. The molecule has 0 unspecified atom stereocenters. The molecular formula is C20H37N3O13. The molecule has 0 aromatic heterocycles. The molecule has 0 aromatic rings. The van der Waals surface area contributed by atoms with Gasteiger partial charge in [-0.25, -0.2) is 0 Å². The standard InChI is InChI=1S/C20H37N3O13/c1-23-7-2-5(21)9(26)15(10(7)27)33-19-17-16(11(28)8(4-25)32-19)35-20(36-17)18(31)13(30)12(29)14(34-20)6(22)3-24/h5-19,23-31H,2-4,21-22H2,1H3/t5-,6-,7+,8+,9+,10-,11-,12+,13-,14+,15-,16-,17-,18+,19-,20+/m0/s1. The zero-order valence-electron chi connectivity index (χ0n) is 19.6. The van der Waals surface area contributed by atoms with E-state index in [0.29, 0.717) is 0 Å². The van der Waals surface area contributed by atoms with Gasteiger partial charge in [0.2, 0.25) is 0 Å². The molecule has 3 saturated heterocycles. The van der Waals surface area contributed by atoms with Crippen molar-refractivity contribution in [2.24, 2.45) is 11.5 Å². The molecule has 0 radical (unpaired) electrons. The normalized spacial score (nSPS) is 54.4. The van der Waals surface area contributed by atoms with E-state index in [0.717, 1.165) is 0 Å². The summed E-state index contributed by atoms with van der Waals surface area (Å²) in [6.07, 6.45) is -17.7. The molecule has 1 saturated carbocycles. The van der Waals surface area contributed by atoms with Crippen LogP contribution in [0.15, 0.2) is 0 Å². The van der Waals surface area contributed by atoms with Crippen LogP contribution in [0.1, 0.15) is 6.42 Å². The molecule has 16 atom stereocenters. The summed E-state index contributed by atoms with van der Waals surface area (Å²) < 4.78 is 28.7. The molecule has 0 aromatic carbocycles. The molecule has 1 aliphatic carbocycles. The molecule has 16 heteroatoms. The zero-order valence-corrected chi connectivity index (χ0v) is 19.6. The lowest BCUT2D eigenvalue weighted by Gasteiger charge is -2.46. The van der Waals surface area contributed by atoms with Crippen LogP contribution in [0.5, 0.6) is 0 Å². The minimum atomic E-state index is -2.48. The summed E-state index contributed by atoms with van der Waals surface area (Å²) in [6, 6.07) is -2.50. The highest BCUT2D eigenvalue weighted by atomic mass is 16.9. The number of aliphatic hydroxyl groups excluding tert-OH is 8. The van der Waals surface area contributed by atoms with Crippen molar-refractivity contribution < 1.29 is 64.5 Å². The number of aliphatic hydroxyl groups is 8. The molecule has 0 bridgehead atoms. The number of hydrogen-bond donors (Lipinski definition) is 11. The number of ether oxygens (including phenoxy) is 5. The quantitative estimate of drug-likeness (QED) is 0.153. The third kappa shape index (κ3) is 4.68. The molecule has 3 heterocycles. The SMILES string of the molecule is CN[C@@H]1C[C@H](N)[C@@H](O)[C@H](O[C@@H]2O[C@H](CO)[C@H](O)[C@@H]3O[C@]4(O[C@H]23)O[C@H]([C@@H](N)CO)[C@H](O)[C@H](O)[C@H]4O)[C@H]1O. The minimum Gasteiger partial charge on any atom is -0.395 e. The van der Waals surface area contributed by atoms with Gasteiger partial charge in [-0.3, -0.25) is 0 Å². The van der Waals surface area contributed by atoms with Crippen LogP contribution in [0.25, 0.3) is 0 Å². The fraction of sp³-hybridized carbons (Fsp3) is 1.00. The van der Waals surface area contributed by atoms with Crippen LogP contribution in [-0.2, 0) is 23.7 Å². The van der Waals surface area contributed by atoms with Crippen molar-refractivity contribution in [3.8, 4) is 0 Å². The van der Waals surface area contributed by atoms with Gasteiger partial charge in [-0.05, 0) is 13.5 Å². The van der Waals surface area contributed by atoms with Crippen molar-refractivity contribution in [3.63, 3.8) is 0 Å². The third-order valence-electron chi connectivity index (χ3n) is 7.42. The summed E-state index contributed by atoms with van der Waals surface area (Å²) >= 11 is 0. The van der Waals surface area contributed by atoms with Gasteiger partial charge in [0.1, 0.15) is 48.8 Å². The molecule has 1 spiro atoms. The van der Waals surface area contributed by atoms with Crippen molar-refractivity contribution in [2.45, 2.75) is 104 Å². The van der Waals surface area contributed by atoms with E-state index in [1.807, 2.05) is 0 Å². The minimum absolute atomic E-state index is 0.254. The van der Waals surface area contributed by atoms with Crippen LogP contribution in [0.4, 0.5) is 0 Å². The Kier molecular flexibility index (Phi) is 8.55. The Labute approximate surface area is 206 Å². The number of fused-ring (bicyclic) bond motifs is 1. The Morgan fingerprint density at radius 1 is 0.944 bits per heavy atom. The molecule has 4 fully saturated rings. The van der Waals surface area contributed by atoms with E-state index < -0.39 is 111 Å². The molecular weight excluding hydrogens is 490 g/mol. The van der Waals surface area contributed by atoms with Gasteiger partial charge in [0.15, 0.2) is 12.4 Å². The Balaban J connectivity index is 1.62. The summed E-state index contributed by atoms with van der Waals surface area (Å²) in [7, 11) is 1.60. The summed E-state index contributed by atoms with van der Waals surface area (Å²) in [6.45, 7) is -1.33. The van der Waals surface area contributed by atoms with E-state index in [9.17, 15) is 40.9 Å². The molecule has 3 aliphatic heterocycles. The van der Waals surface area contributed by atoms with Gasteiger partial charge in [-0.2, -0.15) is 0 Å². The maximum Gasteiger partial charge on any atom is 0.314 e. The van der Waals surface area contributed by atoms with E-state index in [1.54, 1.807) is 7.05 Å². The number of hydrogen-bond acceptors (Lipinski definition) is 16. The molecule has 0 amide bonds. The Bertz CT molecular complexity index is 756. The van der Waals surface area contributed by atoms with Gasteiger partial charge < -0.3 is 81.3 Å². The van der Waals surface area contributed by atoms with Crippen molar-refractivity contribution in [1.82, 2.24) is 5.32 Å². The van der Waals surface area contributed by atoms with Gasteiger partial charge in [-0.1, -0.05) is 0 Å². The van der Waals surface area contributed by atoms with Crippen molar-refractivity contribution in [1.29, 1.82) is 0 Å². The number of nitrogens with two attached hydrogens (primary N) is 2. The Morgan fingerprint density at radius 2 is 1.61 bits per heavy atom. The van der Waals surface area contributed by atoms with Crippen LogP contribution >= 0.6 is 0 Å². The zero-order chi connectivity index (χ0) is 26.5. The number of rotatable bonds is 6. The predicted molar refractivity (Wildman–Crippen MR) is 115 cm³/mol. The number of likely N-dealkylation sites (N-methyl/N-ethyl adjacent to an activating group) is 1. The van der Waals surface area contributed by atoms with Gasteiger partial charge >= 0.3 is 5.97 Å². The highest BCUT2D eigenvalue weighted by Crippen LogP contribution is 2.45. The van der Waals surface area contributed by atoms with E-state index >= 15 is 0 Å². The molecule has 16 nitrogen and oxygen atoms in total. The van der Waals surface area contributed by atoms with Crippen LogP contribution < -0.4 is 16.8 Å². The molecule has 13 N–H and O–H groups in total. The Morgan fingerprint density at radius 3 is 2.22 bits per heavy atom. The maximum atomic E-state index is 10.7. The summed E-state index contributed by atoms with van der Waals surface area (Å²) in [5.74, 6) is -2.48. The van der Waals surface area contributed by atoms with Crippen LogP contribution in [-0.4, -0.2) is 159 Å². The summed E-state index contributed by atoms with van der Waals surface area (Å²) in [4.78, 5) is 0. The topological polar surface area (TPSA) is 272 Å². The number of nitrogens with one attached hydrogen (secondary N) is 1. The van der Waals surface area contributed by atoms with E-state index in [-0.39, 0.29) is 6.42 Å². The van der Waals surface area contributed by atoms with Crippen molar-refractivity contribution >= 4 is 0 Å². The first-order valence-corrected chi connectivity index (χ1v) is 11.8. The summed E-state index contributed by atoms with van der Waals surface area (Å²) in [5, 5.41) is 85.6. The van der Waals surface area contributed by atoms with Gasteiger partial charge in [0.05, 0.1) is 31.5 Å². The molecule has 210 valence electrons. The van der Waals surface area contributed by atoms with E-state index in [4.69, 9.17) is 35.2 Å². The van der Waals surface area contributed by atoms with Gasteiger partial charge in [-0.15, -0.1) is 0 Å². The first-order chi connectivity index (χ1) is 17.0. The molecule has 4 rings (SSSR count). The highest BCUT2D eigenvalue weighted by molar-refractivity contribution is 5.05. The molecule has 4 aliphatic rings. The first-order valence-electron chi connectivity index (χ1n) is 11.8. The fourth-order valence-electron chi connectivity index (χ4n) is 5.23. The smallest absolute Gasteiger partial charge is 0.314 e. The second kappa shape index (κ2) is 10.9. The van der Waals surface area contributed by atoms with Gasteiger partial charge in [0.25, 0.3) is 0 Å². The maximum absolute atomic E-state index is 10.7. The summed E-state index contributed by atoms with van der Waals surface area (Å²) in [5.41, 5.74) is 11.8. The van der Waals surface area contributed by atoms with E-state index in [2.05, 4.69) is 5.32 Å². The largest absolute Gasteiger partial charge is 0.395 e. The lowest BCUT2D eigenvalue weighted by molar-refractivity contribution is -0.439. The highest BCUT2D eigenvalue weighted by Gasteiger charge is 2.67. The molecule has 36 heavy (non-hydrogen) atoms. The van der Waals surface area contributed by atoms with Crippen molar-refractivity contribution in [3.05, 3.63) is 0 Å². The predicted octanol–water partition coefficient (Wildman–Crippen LogP) is -7.27. The van der Waals surface area contributed by atoms with Crippen molar-refractivity contribution in [2.75, 3.05) is 20.3 Å². The first kappa shape index (κ1) is 28.4. The Hall–Kier alpha value is -0.640. The van der Waals surface area contributed by atoms with E-state index in [1.165, 1.54) is 0 Å². The van der Waals surface area contributed by atoms with Crippen LogP contribution in [0, 0.1) is 0 Å². The lowest BCUT2D eigenvalue weighted by atomic mass is 9.84. The third-order valence-corrected chi connectivity index (χ3v) is 7.42.